The first-order valence-corrected chi connectivity index (χ1v) is 5.67. The number of benzene rings is 1. The van der Waals surface area contributed by atoms with Crippen LogP contribution >= 0.6 is 0 Å². The molecule has 0 heterocycles. The Morgan fingerprint density at radius 1 is 1.41 bits per heavy atom. The molecule has 1 aromatic carbocycles. The van der Waals surface area contributed by atoms with E-state index in [2.05, 4.69) is 5.32 Å². The van der Waals surface area contributed by atoms with Crippen molar-refractivity contribution in [2.75, 3.05) is 11.9 Å². The summed E-state index contributed by atoms with van der Waals surface area (Å²) >= 11 is 0. The highest BCUT2D eigenvalue weighted by atomic mass is 16.4. The van der Waals surface area contributed by atoms with E-state index < -0.39 is 5.97 Å². The van der Waals surface area contributed by atoms with Crippen LogP contribution in [-0.2, 0) is 0 Å². The van der Waals surface area contributed by atoms with Crippen LogP contribution in [0.25, 0.3) is 0 Å². The predicted molar refractivity (Wildman–Crippen MR) is 67.5 cm³/mol. The topological polar surface area (TPSA) is 69.6 Å². The Bertz CT molecular complexity index is 404. The van der Waals surface area contributed by atoms with Crippen LogP contribution in [0.15, 0.2) is 18.2 Å². The SMILES string of the molecule is Cc1cc(NC(C)C(C)CO)ccc1C(=O)O. The molecule has 0 aliphatic heterocycles. The molecule has 0 fully saturated rings. The lowest BCUT2D eigenvalue weighted by molar-refractivity contribution is 0.0696. The summed E-state index contributed by atoms with van der Waals surface area (Å²) in [6, 6.07) is 5.28. The molecule has 0 aromatic heterocycles. The van der Waals surface area contributed by atoms with Gasteiger partial charge in [-0.1, -0.05) is 6.92 Å². The lowest BCUT2D eigenvalue weighted by Crippen LogP contribution is -2.26. The van der Waals surface area contributed by atoms with Crippen molar-refractivity contribution >= 4 is 11.7 Å². The standard InChI is InChI=1S/C13H19NO3/c1-8-6-11(4-5-12(8)13(16)17)14-10(3)9(2)7-15/h4-6,9-10,14-15H,7H2,1-3H3,(H,16,17). The Balaban J connectivity index is 2.81. The maximum Gasteiger partial charge on any atom is 0.335 e. The van der Waals surface area contributed by atoms with Crippen molar-refractivity contribution < 1.29 is 15.0 Å². The van der Waals surface area contributed by atoms with Crippen LogP contribution in [0.4, 0.5) is 5.69 Å². The molecule has 94 valence electrons. The average molecular weight is 237 g/mol. The van der Waals surface area contributed by atoms with Crippen LogP contribution in [0.3, 0.4) is 0 Å². The van der Waals surface area contributed by atoms with Gasteiger partial charge in [-0.2, -0.15) is 0 Å². The summed E-state index contributed by atoms with van der Waals surface area (Å²) in [5.41, 5.74) is 1.92. The van der Waals surface area contributed by atoms with Gasteiger partial charge in [0.2, 0.25) is 0 Å². The molecule has 4 nitrogen and oxygen atoms in total. The summed E-state index contributed by atoms with van der Waals surface area (Å²) in [6.45, 7) is 5.84. The van der Waals surface area contributed by atoms with Gasteiger partial charge in [0.25, 0.3) is 0 Å². The summed E-state index contributed by atoms with van der Waals surface area (Å²) in [6.07, 6.45) is 0. The number of carbonyl (C=O) groups is 1. The molecule has 0 aliphatic carbocycles. The Morgan fingerprint density at radius 2 is 2.06 bits per heavy atom. The largest absolute Gasteiger partial charge is 0.478 e. The van der Waals surface area contributed by atoms with E-state index in [-0.39, 0.29) is 18.6 Å². The number of anilines is 1. The van der Waals surface area contributed by atoms with Crippen LogP contribution in [-0.4, -0.2) is 28.8 Å². The summed E-state index contributed by atoms with van der Waals surface area (Å²) in [5.74, 6) is -0.764. The van der Waals surface area contributed by atoms with Crippen LogP contribution in [0.2, 0.25) is 0 Å². The molecular formula is C13H19NO3. The maximum absolute atomic E-state index is 10.9. The van der Waals surface area contributed by atoms with E-state index in [0.717, 1.165) is 11.3 Å². The van der Waals surface area contributed by atoms with Gasteiger partial charge in [-0.25, -0.2) is 4.79 Å². The fourth-order valence-corrected chi connectivity index (χ4v) is 1.56. The van der Waals surface area contributed by atoms with Gasteiger partial charge < -0.3 is 15.5 Å². The van der Waals surface area contributed by atoms with E-state index in [0.29, 0.717) is 5.56 Å². The van der Waals surface area contributed by atoms with Crippen LogP contribution in [0, 0.1) is 12.8 Å². The summed E-state index contributed by atoms with van der Waals surface area (Å²) in [5, 5.41) is 21.2. The fourth-order valence-electron chi connectivity index (χ4n) is 1.56. The Hall–Kier alpha value is -1.55. The van der Waals surface area contributed by atoms with Gasteiger partial charge in [-0.3, -0.25) is 0 Å². The molecule has 0 spiro atoms. The molecule has 0 bridgehead atoms. The van der Waals surface area contributed by atoms with E-state index >= 15 is 0 Å². The number of hydrogen-bond donors (Lipinski definition) is 3. The van der Waals surface area contributed by atoms with Crippen molar-refractivity contribution in [3.05, 3.63) is 29.3 Å². The van der Waals surface area contributed by atoms with Crippen LogP contribution < -0.4 is 5.32 Å². The lowest BCUT2D eigenvalue weighted by Gasteiger charge is -2.21. The van der Waals surface area contributed by atoms with E-state index in [1.807, 2.05) is 19.9 Å². The van der Waals surface area contributed by atoms with Crippen molar-refractivity contribution in [1.29, 1.82) is 0 Å². The highest BCUT2D eigenvalue weighted by molar-refractivity contribution is 5.89. The zero-order valence-electron chi connectivity index (χ0n) is 10.4. The number of aryl methyl sites for hydroxylation is 1. The molecule has 0 radical (unpaired) electrons. The quantitative estimate of drug-likeness (QED) is 0.733. The van der Waals surface area contributed by atoms with Crippen LogP contribution in [0.5, 0.6) is 0 Å². The van der Waals surface area contributed by atoms with Crippen molar-refractivity contribution in [2.24, 2.45) is 5.92 Å². The first-order chi connectivity index (χ1) is 7.95. The van der Waals surface area contributed by atoms with Gasteiger partial charge in [0.05, 0.1) is 5.56 Å². The summed E-state index contributed by atoms with van der Waals surface area (Å²) in [7, 11) is 0. The second-order valence-electron chi connectivity index (χ2n) is 4.43. The molecule has 17 heavy (non-hydrogen) atoms. The molecule has 0 amide bonds. The first kappa shape index (κ1) is 13.5. The fraction of sp³-hybridized carbons (Fsp3) is 0.462. The van der Waals surface area contributed by atoms with Crippen molar-refractivity contribution in [3.63, 3.8) is 0 Å². The second kappa shape index (κ2) is 5.68. The van der Waals surface area contributed by atoms with Crippen molar-refractivity contribution in [2.45, 2.75) is 26.8 Å². The lowest BCUT2D eigenvalue weighted by atomic mass is 10.0. The van der Waals surface area contributed by atoms with Gasteiger partial charge in [-0.05, 0) is 43.5 Å². The van der Waals surface area contributed by atoms with Crippen LogP contribution in [0.1, 0.15) is 29.8 Å². The zero-order valence-corrected chi connectivity index (χ0v) is 10.4. The molecule has 1 rings (SSSR count). The van der Waals surface area contributed by atoms with Gasteiger partial charge in [0.1, 0.15) is 0 Å². The van der Waals surface area contributed by atoms with E-state index in [4.69, 9.17) is 10.2 Å². The molecular weight excluding hydrogens is 218 g/mol. The summed E-state index contributed by atoms with van der Waals surface area (Å²) in [4.78, 5) is 10.9. The molecule has 2 unspecified atom stereocenters. The van der Waals surface area contributed by atoms with E-state index in [9.17, 15) is 4.79 Å². The number of carboxylic acid groups (broad SMARTS) is 1. The third-order valence-corrected chi connectivity index (χ3v) is 2.99. The Kier molecular flexibility index (Phi) is 4.52. The smallest absolute Gasteiger partial charge is 0.335 e. The van der Waals surface area contributed by atoms with Crippen molar-refractivity contribution in [3.8, 4) is 0 Å². The van der Waals surface area contributed by atoms with Crippen molar-refractivity contribution in [1.82, 2.24) is 0 Å². The highest BCUT2D eigenvalue weighted by Crippen LogP contribution is 2.17. The molecule has 2 atom stereocenters. The number of nitrogens with one attached hydrogen (secondary N) is 1. The molecule has 4 heteroatoms. The van der Waals surface area contributed by atoms with Gasteiger partial charge in [0, 0.05) is 18.3 Å². The first-order valence-electron chi connectivity index (χ1n) is 5.67. The monoisotopic (exact) mass is 237 g/mol. The number of rotatable bonds is 5. The number of aromatic carboxylic acids is 1. The minimum atomic E-state index is -0.911. The maximum atomic E-state index is 10.9. The highest BCUT2D eigenvalue weighted by Gasteiger charge is 2.12. The number of carboxylic acids is 1. The third-order valence-electron chi connectivity index (χ3n) is 2.99. The molecule has 0 saturated carbocycles. The number of aliphatic hydroxyl groups is 1. The molecule has 0 saturated heterocycles. The zero-order chi connectivity index (χ0) is 13.0. The average Bonchev–Trinajstić information content (AvgIpc) is 2.27. The normalized spacial score (nSPS) is 14.1. The van der Waals surface area contributed by atoms with Gasteiger partial charge in [0.15, 0.2) is 0 Å². The molecule has 0 aliphatic rings. The third kappa shape index (κ3) is 3.46. The number of aliphatic hydroxyl groups excluding tert-OH is 1. The minimum Gasteiger partial charge on any atom is -0.478 e. The Morgan fingerprint density at radius 3 is 2.53 bits per heavy atom. The van der Waals surface area contributed by atoms with E-state index in [1.165, 1.54) is 0 Å². The molecule has 3 N–H and O–H groups in total. The van der Waals surface area contributed by atoms with E-state index in [1.54, 1.807) is 19.1 Å². The Labute approximate surface area is 101 Å². The predicted octanol–water partition coefficient (Wildman–Crippen LogP) is 2.12. The molecule has 1 aromatic rings. The van der Waals surface area contributed by atoms with Gasteiger partial charge in [-0.15, -0.1) is 0 Å². The number of hydrogen-bond acceptors (Lipinski definition) is 3. The second-order valence-corrected chi connectivity index (χ2v) is 4.43. The minimum absolute atomic E-state index is 0.125. The summed E-state index contributed by atoms with van der Waals surface area (Å²) < 4.78 is 0. The van der Waals surface area contributed by atoms with Gasteiger partial charge >= 0.3 is 5.97 Å².